The van der Waals surface area contributed by atoms with Crippen LogP contribution < -0.4 is 31.9 Å². The number of amides is 1. The molecule has 43 heavy (non-hydrogen) atoms. The largest absolute Gasteiger partial charge is 0.380 e. The average molecular weight is 604 g/mol. The zero-order valence-electron chi connectivity index (χ0n) is 24.9. The predicted octanol–water partition coefficient (Wildman–Crippen LogP) is 4.55. The first-order chi connectivity index (χ1) is 20.5. The highest BCUT2D eigenvalue weighted by Crippen LogP contribution is 2.34. The smallest absolute Gasteiger partial charge is 0.288 e. The second-order valence-electron chi connectivity index (χ2n) is 10.0. The van der Waals surface area contributed by atoms with E-state index in [1.54, 1.807) is 12.1 Å². The minimum Gasteiger partial charge on any atom is -0.380 e. The number of carbonyl (C=O) groups is 1. The molecule has 1 aromatic heterocycles. The van der Waals surface area contributed by atoms with Crippen LogP contribution in [-0.2, 0) is 10.7 Å². The summed E-state index contributed by atoms with van der Waals surface area (Å²) < 4.78 is 48.0. The molecule has 2 unspecified atom stereocenters. The molecule has 1 aliphatic heterocycles. The first-order valence-electron chi connectivity index (χ1n) is 14.1. The molecule has 2 atom stereocenters. The van der Waals surface area contributed by atoms with Crippen molar-refractivity contribution in [1.29, 1.82) is 0 Å². The van der Waals surface area contributed by atoms with Gasteiger partial charge < -0.3 is 20.4 Å². The molecule has 1 aliphatic rings. The number of guanidine groups is 1. The van der Waals surface area contributed by atoms with E-state index in [-0.39, 0.29) is 35.6 Å². The molecule has 0 bridgehead atoms. The van der Waals surface area contributed by atoms with Crippen LogP contribution >= 0.6 is 0 Å². The highest BCUT2D eigenvalue weighted by molar-refractivity contribution is 6.03. The Balaban J connectivity index is 1.64. The van der Waals surface area contributed by atoms with Gasteiger partial charge in [-0.15, -0.1) is 0 Å². The Morgan fingerprint density at radius 2 is 2.07 bits per heavy atom. The second kappa shape index (κ2) is 15.9. The highest BCUT2D eigenvalue weighted by atomic mass is 19.3. The maximum absolute atomic E-state index is 14.3. The van der Waals surface area contributed by atoms with Crippen LogP contribution in [0.1, 0.15) is 56.6 Å². The molecule has 0 saturated carbocycles. The van der Waals surface area contributed by atoms with Gasteiger partial charge in [-0.1, -0.05) is 13.5 Å². The molecule has 5 N–H and O–H groups in total. The molecule has 1 fully saturated rings. The third-order valence-corrected chi connectivity index (χ3v) is 6.19. The Hall–Kier alpha value is -4.17. The number of halogens is 3. The fourth-order valence-corrected chi connectivity index (χ4v) is 4.01. The van der Waals surface area contributed by atoms with Gasteiger partial charge in [0.15, 0.2) is 6.17 Å². The molecule has 11 nitrogen and oxygen atoms in total. The first kappa shape index (κ1) is 33.3. The third-order valence-electron chi connectivity index (χ3n) is 6.19. The molecule has 1 amide bonds. The summed E-state index contributed by atoms with van der Waals surface area (Å²) in [7, 11) is 0. The summed E-state index contributed by atoms with van der Waals surface area (Å²) in [5, 5.41) is 7.66. The van der Waals surface area contributed by atoms with Gasteiger partial charge in [0.05, 0.1) is 30.7 Å². The summed E-state index contributed by atoms with van der Waals surface area (Å²) in [5.74, 6) is -3.65. The van der Waals surface area contributed by atoms with Crippen molar-refractivity contribution >= 4 is 34.8 Å². The van der Waals surface area contributed by atoms with Crippen molar-refractivity contribution in [2.75, 3.05) is 36.6 Å². The van der Waals surface area contributed by atoms with E-state index in [9.17, 15) is 18.0 Å². The van der Waals surface area contributed by atoms with Crippen molar-refractivity contribution in [3.63, 3.8) is 0 Å². The number of nitrogens with one attached hydrogen (secondary N) is 5. The van der Waals surface area contributed by atoms with Crippen molar-refractivity contribution in [2.24, 2.45) is 9.98 Å². The summed E-state index contributed by atoms with van der Waals surface area (Å²) in [6.07, 6.45) is 2.95. The van der Waals surface area contributed by atoms with Crippen LogP contribution in [0.15, 0.2) is 59.3 Å². The molecule has 2 aromatic rings. The Morgan fingerprint density at radius 3 is 2.67 bits per heavy atom. The van der Waals surface area contributed by atoms with Crippen molar-refractivity contribution in [1.82, 2.24) is 26.6 Å². The van der Waals surface area contributed by atoms with Crippen molar-refractivity contribution in [2.45, 2.75) is 58.7 Å². The van der Waals surface area contributed by atoms with Crippen LogP contribution in [0, 0.1) is 0 Å². The van der Waals surface area contributed by atoms with Crippen LogP contribution in [0.2, 0.25) is 0 Å². The van der Waals surface area contributed by atoms with Gasteiger partial charge in [0.1, 0.15) is 11.5 Å². The lowest BCUT2D eigenvalue weighted by Gasteiger charge is -2.23. The van der Waals surface area contributed by atoms with Crippen LogP contribution in [0.5, 0.6) is 0 Å². The Kier molecular flexibility index (Phi) is 12.3. The van der Waals surface area contributed by atoms with E-state index >= 15 is 0 Å². The predicted molar refractivity (Wildman–Crippen MR) is 163 cm³/mol. The van der Waals surface area contributed by atoms with Crippen LogP contribution in [0.3, 0.4) is 0 Å². The van der Waals surface area contributed by atoms with Gasteiger partial charge >= 0.3 is 0 Å². The number of amidine groups is 1. The number of hydrogen-bond donors (Lipinski definition) is 5. The van der Waals surface area contributed by atoms with E-state index in [2.05, 4.69) is 48.5 Å². The number of carbonyl (C=O) groups excluding carboxylic acids is 1. The Bertz CT molecular complexity index is 1280. The van der Waals surface area contributed by atoms with E-state index in [0.29, 0.717) is 36.8 Å². The Morgan fingerprint density at radius 1 is 1.28 bits per heavy atom. The van der Waals surface area contributed by atoms with Crippen LogP contribution in [0.25, 0.3) is 0 Å². The minimum atomic E-state index is -3.04. The summed E-state index contributed by atoms with van der Waals surface area (Å²) in [6.45, 7) is 11.6. The van der Waals surface area contributed by atoms with Crippen molar-refractivity contribution in [3.05, 3.63) is 60.6 Å². The second-order valence-corrected chi connectivity index (χ2v) is 10.0. The van der Waals surface area contributed by atoms with Gasteiger partial charge in [0.2, 0.25) is 5.96 Å². The SMILES string of the molecule is C=CN=C(NNC(=O)c1ccc(Nc2cc(N3CCC(C)N3)cc(C(C)(F)F)c2)cn1)NC(=NCCOCCC)C(C)F. The van der Waals surface area contributed by atoms with E-state index in [0.717, 1.165) is 19.8 Å². The number of hydrogen-bond acceptors (Lipinski definition) is 8. The molecule has 3 rings (SSSR count). The highest BCUT2D eigenvalue weighted by Gasteiger charge is 2.27. The molecule has 0 aliphatic carbocycles. The maximum Gasteiger partial charge on any atom is 0.288 e. The summed E-state index contributed by atoms with van der Waals surface area (Å²) in [5.41, 5.74) is 9.77. The van der Waals surface area contributed by atoms with E-state index < -0.39 is 18.0 Å². The number of rotatable bonds is 12. The number of aromatic nitrogens is 1. The number of pyridine rings is 1. The lowest BCUT2D eigenvalue weighted by Crippen LogP contribution is -2.51. The van der Waals surface area contributed by atoms with Crippen molar-refractivity contribution < 1.29 is 22.7 Å². The maximum atomic E-state index is 14.3. The zero-order valence-corrected chi connectivity index (χ0v) is 24.9. The topological polar surface area (TPSA) is 127 Å². The van der Waals surface area contributed by atoms with E-state index in [4.69, 9.17) is 4.74 Å². The number of aliphatic imine (C=N–C) groups is 2. The molecule has 2 heterocycles. The Labute approximate surface area is 250 Å². The van der Waals surface area contributed by atoms with Gasteiger partial charge in [0, 0.05) is 43.6 Å². The fourth-order valence-electron chi connectivity index (χ4n) is 4.01. The number of alkyl halides is 3. The minimum absolute atomic E-state index is 0.000846. The van der Waals surface area contributed by atoms with E-state index in [1.165, 1.54) is 37.5 Å². The number of nitrogens with zero attached hydrogens (tertiary/aromatic N) is 4. The summed E-state index contributed by atoms with van der Waals surface area (Å²) in [6, 6.07) is 7.93. The quantitative estimate of drug-likeness (QED) is 0.104. The first-order valence-corrected chi connectivity index (χ1v) is 14.1. The fraction of sp³-hybridized carbons (Fsp3) is 0.448. The lowest BCUT2D eigenvalue weighted by molar-refractivity contribution is 0.0175. The lowest BCUT2D eigenvalue weighted by atomic mass is 10.1. The van der Waals surface area contributed by atoms with Gasteiger partial charge in [-0.25, -0.2) is 28.6 Å². The number of ether oxygens (including phenoxy) is 1. The monoisotopic (exact) mass is 603 g/mol. The number of anilines is 3. The van der Waals surface area contributed by atoms with Gasteiger partial charge in [-0.2, -0.15) is 0 Å². The summed E-state index contributed by atoms with van der Waals surface area (Å²) >= 11 is 0. The average Bonchev–Trinajstić information content (AvgIpc) is 3.41. The van der Waals surface area contributed by atoms with Crippen LogP contribution in [0.4, 0.5) is 30.2 Å². The normalized spacial score (nSPS) is 16.5. The van der Waals surface area contributed by atoms with Gasteiger partial charge in [-0.05, 0) is 57.0 Å². The molecule has 1 aromatic carbocycles. The standard InChI is InChI=1S/C29H40F3N9O2/c1-6-13-43-14-11-34-26(20(4)30)37-28(33-7-2)39-38-27(42)25-9-8-22(18-35-25)36-23-15-21(29(5,31)32)16-24(17-23)41-12-10-19(3)40-41/h7-9,15-20,36,40H,2,6,10-14H2,1,3-5H3,(H,38,42)(H2,33,34,37,39). The van der Waals surface area contributed by atoms with Crippen molar-refractivity contribution in [3.8, 4) is 0 Å². The van der Waals surface area contributed by atoms with Crippen LogP contribution in [-0.4, -0.2) is 61.2 Å². The molecular formula is C29H40F3N9O2. The molecule has 1 saturated heterocycles. The summed E-state index contributed by atoms with van der Waals surface area (Å²) in [4.78, 5) is 25.0. The molecule has 0 spiro atoms. The van der Waals surface area contributed by atoms with Gasteiger partial charge in [0.25, 0.3) is 11.8 Å². The number of hydrazine groups is 2. The molecule has 234 valence electrons. The zero-order chi connectivity index (χ0) is 31.4. The van der Waals surface area contributed by atoms with E-state index in [1.807, 2.05) is 18.9 Å². The number of benzene rings is 1. The molecule has 0 radical (unpaired) electrons. The molecular weight excluding hydrogens is 563 g/mol. The third kappa shape index (κ3) is 10.6. The molecule has 14 heteroatoms. The van der Waals surface area contributed by atoms with Gasteiger partial charge in [-0.3, -0.25) is 20.6 Å².